The summed E-state index contributed by atoms with van der Waals surface area (Å²) in [6.07, 6.45) is 0.307. The van der Waals surface area contributed by atoms with Gasteiger partial charge in [-0.3, -0.25) is 0 Å². The number of aryl methyl sites for hydroxylation is 1. The second kappa shape index (κ2) is 8.05. The number of nitrogens with one attached hydrogen (secondary N) is 1. The van der Waals surface area contributed by atoms with E-state index in [4.69, 9.17) is 11.6 Å². The number of halogens is 4. The molecule has 0 radical (unpaired) electrons. The zero-order valence-electron chi connectivity index (χ0n) is 17.6. The molecule has 5 rings (SSSR count). The van der Waals surface area contributed by atoms with Crippen LogP contribution in [0.5, 0.6) is 0 Å². The molecule has 2 aromatic heterocycles. The predicted molar refractivity (Wildman–Crippen MR) is 119 cm³/mol. The van der Waals surface area contributed by atoms with Crippen LogP contribution in [0, 0.1) is 47.0 Å². The summed E-state index contributed by atoms with van der Waals surface area (Å²) in [5, 5.41) is 18.9. The van der Waals surface area contributed by atoms with Gasteiger partial charge in [0.25, 0.3) is 0 Å². The molecule has 0 amide bonds. The molecule has 6 nitrogen and oxygen atoms in total. The summed E-state index contributed by atoms with van der Waals surface area (Å²) in [7, 11) is 0. The number of fused-ring (bicyclic) bond motifs is 3. The summed E-state index contributed by atoms with van der Waals surface area (Å²) in [4.78, 5) is 13.1. The Morgan fingerprint density at radius 1 is 1.03 bits per heavy atom. The lowest BCUT2D eigenvalue weighted by Crippen LogP contribution is -2.38. The molecule has 0 saturated heterocycles. The van der Waals surface area contributed by atoms with Crippen molar-refractivity contribution in [2.75, 3.05) is 11.4 Å². The number of anilines is 1. The molecular formula is C24H14ClF3N6. The highest BCUT2D eigenvalue weighted by Gasteiger charge is 2.37. The van der Waals surface area contributed by atoms with Crippen molar-refractivity contribution >= 4 is 28.5 Å². The summed E-state index contributed by atoms with van der Waals surface area (Å²) in [5.41, 5.74) is 1.48. The van der Waals surface area contributed by atoms with E-state index >= 15 is 4.39 Å². The number of rotatable bonds is 2. The first-order valence-corrected chi connectivity index (χ1v) is 10.6. The molecule has 0 bridgehead atoms. The topological polar surface area (TPSA) is 92.4 Å². The van der Waals surface area contributed by atoms with Crippen LogP contribution in [-0.4, -0.2) is 21.5 Å². The van der Waals surface area contributed by atoms with E-state index < -0.39 is 23.5 Å². The average Bonchev–Trinajstić information content (AvgIpc) is 3.23. The van der Waals surface area contributed by atoms with Gasteiger partial charge in [-0.1, -0.05) is 23.7 Å². The first-order valence-electron chi connectivity index (χ1n) is 10.2. The van der Waals surface area contributed by atoms with Crippen molar-refractivity contribution in [3.63, 3.8) is 0 Å². The number of hydrogen-bond donors (Lipinski definition) is 1. The maximum absolute atomic E-state index is 15.3. The molecule has 0 aliphatic carbocycles. The molecule has 1 aliphatic rings. The van der Waals surface area contributed by atoms with Crippen molar-refractivity contribution in [3.05, 3.63) is 86.6 Å². The minimum absolute atomic E-state index is 0.00351. The summed E-state index contributed by atoms with van der Waals surface area (Å²) >= 11 is 6.01. The minimum Gasteiger partial charge on any atom is -0.356 e. The highest BCUT2D eigenvalue weighted by Crippen LogP contribution is 2.42. The Labute approximate surface area is 196 Å². The van der Waals surface area contributed by atoms with Crippen LogP contribution in [0.4, 0.5) is 19.1 Å². The van der Waals surface area contributed by atoms with Gasteiger partial charge in [-0.2, -0.15) is 10.5 Å². The van der Waals surface area contributed by atoms with Crippen molar-refractivity contribution in [2.45, 2.75) is 19.4 Å². The summed E-state index contributed by atoms with van der Waals surface area (Å²) < 4.78 is 44.8. The molecule has 168 valence electrons. The van der Waals surface area contributed by atoms with Crippen LogP contribution in [0.25, 0.3) is 10.9 Å². The number of benzene rings is 2. The number of nitrogens with zero attached hydrogens (tertiary/aromatic N) is 5. The molecular weight excluding hydrogens is 465 g/mol. The third-order valence-corrected chi connectivity index (χ3v) is 6.27. The monoisotopic (exact) mass is 478 g/mol. The quantitative estimate of drug-likeness (QED) is 0.425. The molecule has 1 atom stereocenters. The largest absolute Gasteiger partial charge is 0.356 e. The maximum atomic E-state index is 15.3. The van der Waals surface area contributed by atoms with E-state index in [9.17, 15) is 19.3 Å². The van der Waals surface area contributed by atoms with Gasteiger partial charge < -0.3 is 9.88 Å². The lowest BCUT2D eigenvalue weighted by atomic mass is 9.91. The average molecular weight is 479 g/mol. The number of nitriles is 2. The molecule has 1 unspecified atom stereocenters. The third-order valence-electron chi connectivity index (χ3n) is 5.98. The van der Waals surface area contributed by atoms with Gasteiger partial charge in [0.15, 0.2) is 17.5 Å². The summed E-state index contributed by atoms with van der Waals surface area (Å²) in [6, 6.07) is 9.96. The van der Waals surface area contributed by atoms with Gasteiger partial charge in [0.1, 0.15) is 29.6 Å². The second-order valence-corrected chi connectivity index (χ2v) is 8.32. The van der Waals surface area contributed by atoms with Crippen molar-refractivity contribution in [1.29, 1.82) is 10.5 Å². The number of aromatic amines is 1. The van der Waals surface area contributed by atoms with Crippen LogP contribution in [0.3, 0.4) is 0 Å². The van der Waals surface area contributed by atoms with E-state index in [1.165, 1.54) is 31.2 Å². The zero-order valence-corrected chi connectivity index (χ0v) is 18.4. The van der Waals surface area contributed by atoms with E-state index in [1.54, 1.807) is 11.0 Å². The molecule has 1 N–H and O–H groups in total. The van der Waals surface area contributed by atoms with Crippen LogP contribution in [-0.2, 0) is 6.42 Å². The SMILES string of the molecule is Cc1ccc(C2c3[nH]c4ccc(Cl)c(F)c4c3CCN2c2nc(C#N)cc(C#N)n2)c(F)c1F. The first-order chi connectivity index (χ1) is 16.3. The minimum atomic E-state index is -1.06. The smallest absolute Gasteiger partial charge is 0.228 e. The fourth-order valence-electron chi connectivity index (χ4n) is 4.40. The number of hydrogen-bond acceptors (Lipinski definition) is 5. The molecule has 34 heavy (non-hydrogen) atoms. The molecule has 4 aromatic rings. The Bertz CT molecular complexity index is 1530. The lowest BCUT2D eigenvalue weighted by Gasteiger charge is -2.36. The molecule has 2 aromatic carbocycles. The van der Waals surface area contributed by atoms with Gasteiger partial charge >= 0.3 is 0 Å². The van der Waals surface area contributed by atoms with Crippen molar-refractivity contribution in [2.24, 2.45) is 0 Å². The van der Waals surface area contributed by atoms with E-state index in [1.807, 2.05) is 12.1 Å². The Morgan fingerprint density at radius 3 is 2.41 bits per heavy atom. The van der Waals surface area contributed by atoms with Crippen LogP contribution in [0.2, 0.25) is 5.02 Å². The number of aromatic nitrogens is 3. The predicted octanol–water partition coefficient (Wildman–Crippen LogP) is 5.23. The zero-order chi connectivity index (χ0) is 24.1. The van der Waals surface area contributed by atoms with E-state index in [-0.39, 0.29) is 45.4 Å². The van der Waals surface area contributed by atoms with Crippen molar-refractivity contribution in [1.82, 2.24) is 15.0 Å². The standard InChI is InChI=1S/C24H14ClF3N6/c1-11-2-3-15(20(27)19(11)26)23-22-14(18-17(33-22)5-4-16(25)21(18)28)6-7-34(23)24-31-12(9-29)8-13(10-30)32-24/h2-5,8,23,33H,6-7H2,1H3. The van der Waals surface area contributed by atoms with E-state index in [2.05, 4.69) is 15.0 Å². The Balaban J connectivity index is 1.80. The van der Waals surface area contributed by atoms with Gasteiger partial charge in [0.2, 0.25) is 5.95 Å². The van der Waals surface area contributed by atoms with Crippen molar-refractivity contribution in [3.8, 4) is 12.1 Å². The van der Waals surface area contributed by atoms with Crippen LogP contribution in [0.15, 0.2) is 30.3 Å². The van der Waals surface area contributed by atoms with Crippen LogP contribution < -0.4 is 4.90 Å². The van der Waals surface area contributed by atoms with Gasteiger partial charge in [0.05, 0.1) is 5.02 Å². The van der Waals surface area contributed by atoms with Gasteiger partial charge in [-0.05, 0) is 36.6 Å². The molecule has 0 spiro atoms. The second-order valence-electron chi connectivity index (χ2n) is 7.91. The molecule has 1 aliphatic heterocycles. The summed E-state index contributed by atoms with van der Waals surface area (Å²) in [6.45, 7) is 1.64. The maximum Gasteiger partial charge on any atom is 0.228 e. The van der Waals surface area contributed by atoms with Crippen molar-refractivity contribution < 1.29 is 13.2 Å². The third kappa shape index (κ3) is 3.25. The van der Waals surface area contributed by atoms with E-state index in [0.717, 1.165) is 0 Å². The molecule has 10 heteroatoms. The van der Waals surface area contributed by atoms with Gasteiger partial charge in [0, 0.05) is 34.8 Å². The van der Waals surface area contributed by atoms with Gasteiger partial charge in [-0.15, -0.1) is 0 Å². The molecule has 3 heterocycles. The normalized spacial score (nSPS) is 15.1. The Kier molecular flexibility index (Phi) is 5.15. The Hall–Kier alpha value is -4.08. The summed E-state index contributed by atoms with van der Waals surface area (Å²) in [5.74, 6) is -2.66. The van der Waals surface area contributed by atoms with Crippen LogP contribution >= 0.6 is 11.6 Å². The molecule has 0 saturated carbocycles. The first kappa shape index (κ1) is 21.7. The highest BCUT2D eigenvalue weighted by molar-refractivity contribution is 6.31. The van der Waals surface area contributed by atoms with Crippen LogP contribution in [0.1, 0.15) is 39.8 Å². The fraction of sp³-hybridized carbons (Fsp3) is 0.167. The number of H-pyrrole nitrogens is 1. The van der Waals surface area contributed by atoms with Gasteiger partial charge in [-0.25, -0.2) is 23.1 Å². The van der Waals surface area contributed by atoms with E-state index in [0.29, 0.717) is 23.2 Å². The molecule has 0 fully saturated rings. The Morgan fingerprint density at radius 2 is 1.74 bits per heavy atom. The fourth-order valence-corrected chi connectivity index (χ4v) is 4.56. The highest BCUT2D eigenvalue weighted by atomic mass is 35.5. The lowest BCUT2D eigenvalue weighted by molar-refractivity contribution is 0.481.